The Hall–Kier alpha value is -0.720. The zero-order valence-electron chi connectivity index (χ0n) is 8.96. The maximum Gasteiger partial charge on any atom is 0.139 e. The SMILES string of the molecule is CC(C)n1ncc(Br)c1C(O)c1cscn1. The van der Waals surface area contributed by atoms with E-state index in [0.717, 1.165) is 10.2 Å². The molecular formula is C10H12BrN3OS. The smallest absolute Gasteiger partial charge is 0.139 e. The summed E-state index contributed by atoms with van der Waals surface area (Å²) in [6, 6.07) is 0.203. The molecule has 0 aliphatic heterocycles. The summed E-state index contributed by atoms with van der Waals surface area (Å²) in [7, 11) is 0. The van der Waals surface area contributed by atoms with Crippen LogP contribution in [0.4, 0.5) is 0 Å². The molecular weight excluding hydrogens is 290 g/mol. The number of hydrogen-bond donors (Lipinski definition) is 1. The van der Waals surface area contributed by atoms with Gasteiger partial charge in [-0.3, -0.25) is 4.68 Å². The predicted octanol–water partition coefficient (Wildman–Crippen LogP) is 2.76. The molecule has 4 nitrogen and oxygen atoms in total. The topological polar surface area (TPSA) is 50.9 Å². The fraction of sp³-hybridized carbons (Fsp3) is 0.400. The van der Waals surface area contributed by atoms with Crippen molar-refractivity contribution in [2.24, 2.45) is 0 Å². The van der Waals surface area contributed by atoms with Gasteiger partial charge in [0.05, 0.1) is 27.6 Å². The van der Waals surface area contributed by atoms with Gasteiger partial charge in [0.15, 0.2) is 0 Å². The highest BCUT2D eigenvalue weighted by Crippen LogP contribution is 2.29. The first-order chi connectivity index (χ1) is 7.61. The van der Waals surface area contributed by atoms with Crippen molar-refractivity contribution in [3.8, 4) is 0 Å². The lowest BCUT2D eigenvalue weighted by atomic mass is 10.2. The average molecular weight is 302 g/mol. The number of aliphatic hydroxyl groups is 1. The van der Waals surface area contributed by atoms with E-state index in [1.165, 1.54) is 11.3 Å². The summed E-state index contributed by atoms with van der Waals surface area (Å²) in [4.78, 5) is 4.12. The maximum atomic E-state index is 10.2. The molecule has 0 bridgehead atoms. The van der Waals surface area contributed by atoms with Gasteiger partial charge >= 0.3 is 0 Å². The van der Waals surface area contributed by atoms with Gasteiger partial charge in [-0.15, -0.1) is 11.3 Å². The molecule has 0 spiro atoms. The largest absolute Gasteiger partial charge is 0.380 e. The summed E-state index contributed by atoms with van der Waals surface area (Å²) in [6.07, 6.45) is 0.968. The van der Waals surface area contributed by atoms with Crippen molar-refractivity contribution in [3.63, 3.8) is 0 Å². The third kappa shape index (κ3) is 2.05. The van der Waals surface area contributed by atoms with Gasteiger partial charge in [-0.2, -0.15) is 5.10 Å². The lowest BCUT2D eigenvalue weighted by molar-refractivity contribution is 0.200. The van der Waals surface area contributed by atoms with Crippen LogP contribution in [-0.4, -0.2) is 19.9 Å². The summed E-state index contributed by atoms with van der Waals surface area (Å²) in [5.41, 5.74) is 3.12. The van der Waals surface area contributed by atoms with Crippen LogP contribution in [0.3, 0.4) is 0 Å². The van der Waals surface area contributed by atoms with Gasteiger partial charge in [-0.1, -0.05) is 0 Å². The number of halogens is 1. The Balaban J connectivity index is 2.43. The van der Waals surface area contributed by atoms with Crippen LogP contribution in [0.1, 0.15) is 37.4 Å². The third-order valence-electron chi connectivity index (χ3n) is 2.27. The fourth-order valence-corrected chi connectivity index (χ4v) is 2.58. The first-order valence-electron chi connectivity index (χ1n) is 4.90. The van der Waals surface area contributed by atoms with E-state index in [1.54, 1.807) is 16.4 Å². The van der Waals surface area contributed by atoms with E-state index in [4.69, 9.17) is 0 Å². The van der Waals surface area contributed by atoms with E-state index in [1.807, 2.05) is 19.2 Å². The standard InChI is InChI=1S/C10H12BrN3OS/c1-6(2)14-9(7(11)3-13-14)10(15)8-4-16-5-12-8/h3-6,10,15H,1-2H3. The van der Waals surface area contributed by atoms with Crippen LogP contribution in [0.15, 0.2) is 21.6 Å². The number of aromatic nitrogens is 3. The van der Waals surface area contributed by atoms with Crippen LogP contribution >= 0.6 is 27.3 Å². The van der Waals surface area contributed by atoms with Crippen LogP contribution < -0.4 is 0 Å². The molecule has 0 saturated carbocycles. The lowest BCUT2D eigenvalue weighted by Crippen LogP contribution is -2.12. The molecule has 2 rings (SSSR count). The van der Waals surface area contributed by atoms with Crippen LogP contribution in [-0.2, 0) is 0 Å². The molecule has 0 fully saturated rings. The molecule has 0 amide bonds. The monoisotopic (exact) mass is 301 g/mol. The Labute approximate surface area is 106 Å². The van der Waals surface area contributed by atoms with Crippen molar-refractivity contribution in [2.75, 3.05) is 0 Å². The zero-order chi connectivity index (χ0) is 11.7. The summed E-state index contributed by atoms with van der Waals surface area (Å²) in [6.45, 7) is 4.05. The molecule has 6 heteroatoms. The first-order valence-corrected chi connectivity index (χ1v) is 6.64. The normalized spacial score (nSPS) is 13.3. The van der Waals surface area contributed by atoms with E-state index in [2.05, 4.69) is 26.0 Å². The Bertz CT molecular complexity index is 466. The molecule has 0 aliphatic rings. The van der Waals surface area contributed by atoms with Gasteiger partial charge in [0, 0.05) is 11.4 Å². The van der Waals surface area contributed by atoms with E-state index < -0.39 is 6.10 Å². The van der Waals surface area contributed by atoms with Gasteiger partial charge in [0.25, 0.3) is 0 Å². The molecule has 0 saturated heterocycles. The lowest BCUT2D eigenvalue weighted by Gasteiger charge is -2.15. The number of aliphatic hydroxyl groups excluding tert-OH is 1. The highest BCUT2D eigenvalue weighted by molar-refractivity contribution is 9.10. The Morgan fingerprint density at radius 2 is 2.25 bits per heavy atom. The van der Waals surface area contributed by atoms with Gasteiger partial charge in [-0.25, -0.2) is 4.98 Å². The molecule has 0 radical (unpaired) electrons. The summed E-state index contributed by atoms with van der Waals surface area (Å²) in [5, 5.41) is 16.3. The molecule has 16 heavy (non-hydrogen) atoms. The number of rotatable bonds is 3. The number of nitrogens with zero attached hydrogens (tertiary/aromatic N) is 3. The minimum atomic E-state index is -0.731. The molecule has 1 atom stereocenters. The van der Waals surface area contributed by atoms with E-state index in [0.29, 0.717) is 5.69 Å². The van der Waals surface area contributed by atoms with Crippen LogP contribution in [0.5, 0.6) is 0 Å². The maximum absolute atomic E-state index is 10.2. The second-order valence-electron chi connectivity index (χ2n) is 3.73. The first kappa shape index (κ1) is 11.8. The van der Waals surface area contributed by atoms with Gasteiger partial charge < -0.3 is 5.11 Å². The average Bonchev–Trinajstić information content (AvgIpc) is 2.84. The Kier molecular flexibility index (Phi) is 3.41. The molecule has 2 aromatic rings. The van der Waals surface area contributed by atoms with Crippen molar-refractivity contribution in [1.82, 2.24) is 14.8 Å². The van der Waals surface area contributed by atoms with Crippen molar-refractivity contribution < 1.29 is 5.11 Å². The highest BCUT2D eigenvalue weighted by Gasteiger charge is 2.22. The second-order valence-corrected chi connectivity index (χ2v) is 5.30. The Morgan fingerprint density at radius 1 is 1.50 bits per heavy atom. The van der Waals surface area contributed by atoms with Crippen molar-refractivity contribution in [3.05, 3.63) is 32.9 Å². The molecule has 86 valence electrons. The summed E-state index contributed by atoms with van der Waals surface area (Å²) in [5.74, 6) is 0. The predicted molar refractivity (Wildman–Crippen MR) is 66.5 cm³/mol. The van der Waals surface area contributed by atoms with Crippen LogP contribution in [0.2, 0.25) is 0 Å². The van der Waals surface area contributed by atoms with E-state index in [-0.39, 0.29) is 6.04 Å². The van der Waals surface area contributed by atoms with Gasteiger partial charge in [0.2, 0.25) is 0 Å². The molecule has 0 aromatic carbocycles. The number of hydrogen-bond acceptors (Lipinski definition) is 4. The van der Waals surface area contributed by atoms with Crippen molar-refractivity contribution in [2.45, 2.75) is 26.0 Å². The molecule has 2 heterocycles. The van der Waals surface area contributed by atoms with Crippen LogP contribution in [0.25, 0.3) is 0 Å². The third-order valence-corrected chi connectivity index (χ3v) is 3.48. The Morgan fingerprint density at radius 3 is 2.81 bits per heavy atom. The highest BCUT2D eigenvalue weighted by atomic mass is 79.9. The van der Waals surface area contributed by atoms with Crippen molar-refractivity contribution >= 4 is 27.3 Å². The van der Waals surface area contributed by atoms with E-state index >= 15 is 0 Å². The van der Waals surface area contributed by atoms with Crippen molar-refractivity contribution in [1.29, 1.82) is 0 Å². The minimum Gasteiger partial charge on any atom is -0.380 e. The molecule has 1 unspecified atom stereocenters. The zero-order valence-corrected chi connectivity index (χ0v) is 11.4. The van der Waals surface area contributed by atoms with Crippen LogP contribution in [0, 0.1) is 0 Å². The number of thiazole rings is 1. The van der Waals surface area contributed by atoms with E-state index in [9.17, 15) is 5.11 Å². The molecule has 2 aromatic heterocycles. The minimum absolute atomic E-state index is 0.203. The molecule has 0 aliphatic carbocycles. The van der Waals surface area contributed by atoms with Gasteiger partial charge in [0.1, 0.15) is 6.10 Å². The molecule has 1 N–H and O–H groups in total. The fourth-order valence-electron chi connectivity index (χ4n) is 1.52. The summed E-state index contributed by atoms with van der Waals surface area (Å²) >= 11 is 4.87. The quantitative estimate of drug-likeness (QED) is 0.948. The van der Waals surface area contributed by atoms with Gasteiger partial charge in [-0.05, 0) is 29.8 Å². The summed E-state index contributed by atoms with van der Waals surface area (Å²) < 4.78 is 2.61. The second kappa shape index (κ2) is 4.65.